The first kappa shape index (κ1) is 14.7. The number of methoxy groups -OCH3 is 1. The summed E-state index contributed by atoms with van der Waals surface area (Å²) in [5.74, 6) is 0. The number of nitrogens with one attached hydrogen (secondary N) is 1. The zero-order chi connectivity index (χ0) is 12.2. The SMILES string of the molecule is COCCNCCC=CCCCC1CCCO1. The molecule has 0 aromatic heterocycles. The van der Waals surface area contributed by atoms with Crippen LogP contribution in [0.25, 0.3) is 0 Å². The molecule has 3 nitrogen and oxygen atoms in total. The number of hydrogen-bond donors (Lipinski definition) is 1. The molecule has 1 rings (SSSR count). The molecule has 0 aromatic carbocycles. The minimum Gasteiger partial charge on any atom is -0.383 e. The van der Waals surface area contributed by atoms with E-state index in [0.717, 1.165) is 32.7 Å². The second kappa shape index (κ2) is 10.8. The summed E-state index contributed by atoms with van der Waals surface area (Å²) >= 11 is 0. The van der Waals surface area contributed by atoms with E-state index in [2.05, 4.69) is 17.5 Å². The van der Waals surface area contributed by atoms with Crippen LogP contribution >= 0.6 is 0 Å². The Morgan fingerprint density at radius 3 is 2.94 bits per heavy atom. The van der Waals surface area contributed by atoms with Crippen LogP contribution in [0.1, 0.15) is 38.5 Å². The zero-order valence-corrected chi connectivity index (χ0v) is 11.1. The molecule has 17 heavy (non-hydrogen) atoms. The van der Waals surface area contributed by atoms with E-state index in [1.807, 2.05) is 0 Å². The van der Waals surface area contributed by atoms with E-state index in [1.165, 1.54) is 32.1 Å². The molecule has 3 heteroatoms. The maximum absolute atomic E-state index is 5.59. The van der Waals surface area contributed by atoms with Crippen molar-refractivity contribution >= 4 is 0 Å². The average Bonchev–Trinajstić information content (AvgIpc) is 2.85. The molecule has 100 valence electrons. The smallest absolute Gasteiger partial charge is 0.0587 e. The molecule has 1 atom stereocenters. The Labute approximate surface area is 106 Å². The van der Waals surface area contributed by atoms with Gasteiger partial charge < -0.3 is 14.8 Å². The van der Waals surface area contributed by atoms with Gasteiger partial charge >= 0.3 is 0 Å². The average molecular weight is 241 g/mol. The first-order valence-corrected chi connectivity index (χ1v) is 6.89. The molecule has 0 bridgehead atoms. The molecule has 1 N–H and O–H groups in total. The molecule has 1 unspecified atom stereocenters. The van der Waals surface area contributed by atoms with Crippen molar-refractivity contribution in [2.45, 2.75) is 44.6 Å². The molecule has 1 aliphatic rings. The van der Waals surface area contributed by atoms with E-state index in [1.54, 1.807) is 7.11 Å². The summed E-state index contributed by atoms with van der Waals surface area (Å²) in [6.45, 7) is 3.77. The van der Waals surface area contributed by atoms with Gasteiger partial charge in [0, 0.05) is 20.3 Å². The van der Waals surface area contributed by atoms with Crippen LogP contribution in [0, 0.1) is 0 Å². The minimum atomic E-state index is 0.555. The third-order valence-electron chi connectivity index (χ3n) is 3.06. The van der Waals surface area contributed by atoms with Crippen molar-refractivity contribution in [1.29, 1.82) is 0 Å². The van der Waals surface area contributed by atoms with Gasteiger partial charge in [0.15, 0.2) is 0 Å². The fourth-order valence-electron chi connectivity index (χ4n) is 2.06. The molecule has 0 amide bonds. The van der Waals surface area contributed by atoms with E-state index < -0.39 is 0 Å². The van der Waals surface area contributed by atoms with Gasteiger partial charge in [-0.05, 0) is 45.1 Å². The van der Waals surface area contributed by atoms with Gasteiger partial charge in [-0.2, -0.15) is 0 Å². The van der Waals surface area contributed by atoms with Crippen LogP contribution in [0.4, 0.5) is 0 Å². The van der Waals surface area contributed by atoms with Crippen molar-refractivity contribution in [3.63, 3.8) is 0 Å². The minimum absolute atomic E-state index is 0.555. The Balaban J connectivity index is 1.78. The zero-order valence-electron chi connectivity index (χ0n) is 11.1. The molecule has 1 fully saturated rings. The summed E-state index contributed by atoms with van der Waals surface area (Å²) in [6.07, 6.45) is 12.5. The number of ether oxygens (including phenoxy) is 2. The quantitative estimate of drug-likeness (QED) is 0.471. The van der Waals surface area contributed by atoms with Gasteiger partial charge in [0.1, 0.15) is 0 Å². The van der Waals surface area contributed by atoms with E-state index in [9.17, 15) is 0 Å². The lowest BCUT2D eigenvalue weighted by Gasteiger charge is -2.06. The van der Waals surface area contributed by atoms with Crippen LogP contribution in [-0.4, -0.2) is 39.5 Å². The fraction of sp³-hybridized carbons (Fsp3) is 0.857. The largest absolute Gasteiger partial charge is 0.383 e. The number of hydrogen-bond acceptors (Lipinski definition) is 3. The summed E-state index contributed by atoms with van der Waals surface area (Å²) in [5, 5.41) is 3.33. The van der Waals surface area contributed by atoms with Gasteiger partial charge in [-0.25, -0.2) is 0 Å². The molecule has 1 aliphatic heterocycles. The summed E-state index contributed by atoms with van der Waals surface area (Å²) in [5.41, 5.74) is 0. The Morgan fingerprint density at radius 2 is 2.18 bits per heavy atom. The third kappa shape index (κ3) is 8.36. The summed E-state index contributed by atoms with van der Waals surface area (Å²) in [4.78, 5) is 0. The molecule has 0 radical (unpaired) electrons. The van der Waals surface area contributed by atoms with E-state index in [4.69, 9.17) is 9.47 Å². The van der Waals surface area contributed by atoms with Crippen molar-refractivity contribution in [2.75, 3.05) is 33.4 Å². The molecule has 1 heterocycles. The van der Waals surface area contributed by atoms with E-state index in [0.29, 0.717) is 6.10 Å². The predicted molar refractivity (Wildman–Crippen MR) is 71.3 cm³/mol. The third-order valence-corrected chi connectivity index (χ3v) is 3.06. The van der Waals surface area contributed by atoms with E-state index in [-0.39, 0.29) is 0 Å². The van der Waals surface area contributed by atoms with Gasteiger partial charge in [-0.1, -0.05) is 12.2 Å². The number of rotatable bonds is 10. The highest BCUT2D eigenvalue weighted by atomic mass is 16.5. The first-order valence-electron chi connectivity index (χ1n) is 6.89. The van der Waals surface area contributed by atoms with E-state index >= 15 is 0 Å². The van der Waals surface area contributed by atoms with Gasteiger partial charge in [0.25, 0.3) is 0 Å². The second-order valence-corrected chi connectivity index (χ2v) is 4.57. The highest BCUT2D eigenvalue weighted by Gasteiger charge is 2.13. The fourth-order valence-corrected chi connectivity index (χ4v) is 2.06. The van der Waals surface area contributed by atoms with Crippen molar-refractivity contribution in [3.8, 4) is 0 Å². The Hall–Kier alpha value is -0.380. The summed E-state index contributed by atoms with van der Waals surface area (Å²) in [6, 6.07) is 0. The van der Waals surface area contributed by atoms with Gasteiger partial charge in [0.05, 0.1) is 12.7 Å². The molecular formula is C14H27NO2. The number of unbranched alkanes of at least 4 members (excludes halogenated alkanes) is 1. The Kier molecular flexibility index (Phi) is 9.29. The summed E-state index contributed by atoms with van der Waals surface area (Å²) < 4.78 is 10.5. The van der Waals surface area contributed by atoms with Crippen LogP contribution in [0.5, 0.6) is 0 Å². The number of allylic oxidation sites excluding steroid dienone is 1. The lowest BCUT2D eigenvalue weighted by molar-refractivity contribution is 0.103. The van der Waals surface area contributed by atoms with Gasteiger partial charge in [0.2, 0.25) is 0 Å². The van der Waals surface area contributed by atoms with Crippen molar-refractivity contribution in [3.05, 3.63) is 12.2 Å². The van der Waals surface area contributed by atoms with Crippen molar-refractivity contribution in [1.82, 2.24) is 5.32 Å². The molecule has 1 saturated heterocycles. The first-order chi connectivity index (χ1) is 8.43. The molecular weight excluding hydrogens is 214 g/mol. The van der Waals surface area contributed by atoms with Crippen molar-refractivity contribution < 1.29 is 9.47 Å². The lowest BCUT2D eigenvalue weighted by Crippen LogP contribution is -2.19. The molecule has 0 spiro atoms. The maximum Gasteiger partial charge on any atom is 0.0587 e. The van der Waals surface area contributed by atoms with Gasteiger partial charge in [-0.15, -0.1) is 0 Å². The topological polar surface area (TPSA) is 30.5 Å². The standard InChI is InChI=1S/C14H27NO2/c1-16-13-11-15-10-6-4-2-3-5-8-14-9-7-12-17-14/h2,4,14-15H,3,5-13H2,1H3. The molecule has 0 aromatic rings. The van der Waals surface area contributed by atoms with Crippen LogP contribution in [-0.2, 0) is 9.47 Å². The van der Waals surface area contributed by atoms with Crippen LogP contribution in [0.2, 0.25) is 0 Å². The maximum atomic E-state index is 5.59. The molecule has 0 saturated carbocycles. The van der Waals surface area contributed by atoms with Crippen molar-refractivity contribution in [2.24, 2.45) is 0 Å². The van der Waals surface area contributed by atoms with Crippen LogP contribution in [0.15, 0.2) is 12.2 Å². The predicted octanol–water partition coefficient (Wildman–Crippen LogP) is 2.52. The lowest BCUT2D eigenvalue weighted by atomic mass is 10.1. The van der Waals surface area contributed by atoms with Crippen LogP contribution < -0.4 is 5.32 Å². The van der Waals surface area contributed by atoms with Gasteiger partial charge in [-0.3, -0.25) is 0 Å². The Bertz CT molecular complexity index is 189. The normalized spacial score (nSPS) is 20.4. The summed E-state index contributed by atoms with van der Waals surface area (Å²) in [7, 11) is 1.73. The monoisotopic (exact) mass is 241 g/mol. The Morgan fingerprint density at radius 1 is 1.29 bits per heavy atom. The van der Waals surface area contributed by atoms with Crippen LogP contribution in [0.3, 0.4) is 0 Å². The molecule has 0 aliphatic carbocycles. The second-order valence-electron chi connectivity index (χ2n) is 4.57. The highest BCUT2D eigenvalue weighted by Crippen LogP contribution is 2.17. The highest BCUT2D eigenvalue weighted by molar-refractivity contribution is 4.82.